The molecule has 0 saturated carbocycles. The van der Waals surface area contributed by atoms with E-state index in [1.807, 2.05) is 42.5 Å². The molecule has 35 heavy (non-hydrogen) atoms. The van der Waals surface area contributed by atoms with Crippen molar-refractivity contribution in [2.75, 3.05) is 19.4 Å². The van der Waals surface area contributed by atoms with Crippen LogP contribution in [0.2, 0.25) is 10.0 Å². The fourth-order valence-corrected chi connectivity index (χ4v) is 5.18. The molecule has 0 fully saturated rings. The van der Waals surface area contributed by atoms with Crippen LogP contribution in [0.25, 0.3) is 5.69 Å². The Morgan fingerprint density at radius 2 is 1.83 bits per heavy atom. The second kappa shape index (κ2) is 12.6. The van der Waals surface area contributed by atoms with Crippen molar-refractivity contribution >= 4 is 50.9 Å². The molecule has 4 rings (SSSR count). The number of benzene rings is 3. The quantitative estimate of drug-likeness (QED) is 0.164. The van der Waals surface area contributed by atoms with E-state index < -0.39 is 0 Å². The van der Waals surface area contributed by atoms with E-state index in [0.29, 0.717) is 28.1 Å². The van der Waals surface area contributed by atoms with Crippen molar-refractivity contribution in [1.29, 1.82) is 0 Å². The molecule has 0 aliphatic heterocycles. The molecule has 1 aromatic heterocycles. The van der Waals surface area contributed by atoms with Crippen molar-refractivity contribution in [3.8, 4) is 17.2 Å². The number of hydrogen-bond donors (Lipinski definition) is 1. The third-order valence-electron chi connectivity index (χ3n) is 4.99. The Kier molecular flexibility index (Phi) is 9.28. The first-order valence-corrected chi connectivity index (χ1v) is 13.2. The van der Waals surface area contributed by atoms with E-state index in [0.717, 1.165) is 38.7 Å². The van der Waals surface area contributed by atoms with E-state index in [1.165, 1.54) is 0 Å². The summed E-state index contributed by atoms with van der Waals surface area (Å²) in [6, 6.07) is 19.2. The Labute approximate surface area is 226 Å². The Balaban J connectivity index is 1.31. The smallest absolute Gasteiger partial charge is 0.214 e. The van der Waals surface area contributed by atoms with Gasteiger partial charge in [-0.2, -0.15) is 4.68 Å². The number of methoxy groups -OCH3 is 1. The van der Waals surface area contributed by atoms with E-state index in [9.17, 15) is 0 Å². The number of thioether (sulfide) groups is 1. The molecule has 7 nitrogen and oxygen atoms in total. The van der Waals surface area contributed by atoms with E-state index in [1.54, 1.807) is 41.8 Å². The van der Waals surface area contributed by atoms with Crippen molar-refractivity contribution in [3.63, 3.8) is 0 Å². The van der Waals surface area contributed by atoms with Gasteiger partial charge in [0.25, 0.3) is 0 Å². The number of aromatic nitrogens is 4. The lowest BCUT2D eigenvalue weighted by Crippen LogP contribution is -2.17. The normalized spacial score (nSPS) is 11.0. The van der Waals surface area contributed by atoms with Gasteiger partial charge in [-0.1, -0.05) is 59.2 Å². The summed E-state index contributed by atoms with van der Waals surface area (Å²) in [5, 5.41) is 17.3. The minimum Gasteiger partial charge on any atom is -0.493 e. The predicted octanol–water partition coefficient (Wildman–Crippen LogP) is 6.20. The van der Waals surface area contributed by atoms with Crippen LogP contribution < -0.4 is 14.8 Å². The van der Waals surface area contributed by atoms with Gasteiger partial charge in [0.15, 0.2) is 11.5 Å². The Morgan fingerprint density at radius 3 is 2.57 bits per heavy atom. The van der Waals surface area contributed by atoms with Crippen LogP contribution in [0.3, 0.4) is 0 Å². The van der Waals surface area contributed by atoms with Crippen molar-refractivity contribution in [1.82, 2.24) is 25.5 Å². The summed E-state index contributed by atoms with van der Waals surface area (Å²) in [5.74, 6) is 2.02. The summed E-state index contributed by atoms with van der Waals surface area (Å²) in [6.45, 7) is 1.66. The van der Waals surface area contributed by atoms with E-state index >= 15 is 0 Å². The van der Waals surface area contributed by atoms with Crippen LogP contribution in [0.15, 0.2) is 70.3 Å². The number of nitrogens with zero attached hydrogens (tertiary/aromatic N) is 4. The second-order valence-corrected chi connectivity index (χ2v) is 10.1. The number of halogens is 3. The van der Waals surface area contributed by atoms with Crippen LogP contribution in [0.1, 0.15) is 11.1 Å². The Hall–Kier alpha value is -2.30. The van der Waals surface area contributed by atoms with Gasteiger partial charge in [-0.3, -0.25) is 0 Å². The molecule has 0 radical (unpaired) electrons. The fourth-order valence-electron chi connectivity index (χ4n) is 3.28. The van der Waals surface area contributed by atoms with Gasteiger partial charge in [0, 0.05) is 34.5 Å². The molecule has 0 saturated heterocycles. The average molecular weight is 595 g/mol. The molecular formula is C24H22BrCl2N5O2S. The van der Waals surface area contributed by atoms with E-state index in [4.69, 9.17) is 32.7 Å². The zero-order chi connectivity index (χ0) is 24.6. The molecule has 3 aromatic carbocycles. The zero-order valence-corrected chi connectivity index (χ0v) is 22.7. The Bertz CT molecular complexity index is 1260. The monoisotopic (exact) mass is 593 g/mol. The van der Waals surface area contributed by atoms with Crippen LogP contribution in [-0.2, 0) is 13.2 Å². The molecule has 0 bridgehead atoms. The molecule has 182 valence electrons. The first-order chi connectivity index (χ1) is 17.1. The maximum atomic E-state index is 6.26. The highest BCUT2D eigenvalue weighted by Crippen LogP contribution is 2.38. The highest BCUT2D eigenvalue weighted by molar-refractivity contribution is 9.10. The summed E-state index contributed by atoms with van der Waals surface area (Å²) < 4.78 is 14.1. The summed E-state index contributed by atoms with van der Waals surface area (Å²) in [5.41, 5.74) is 2.71. The third kappa shape index (κ3) is 6.68. The van der Waals surface area contributed by atoms with Crippen molar-refractivity contribution < 1.29 is 9.47 Å². The van der Waals surface area contributed by atoms with Crippen molar-refractivity contribution in [3.05, 3.63) is 86.3 Å². The number of nitrogens with one attached hydrogen (secondary N) is 1. The maximum absolute atomic E-state index is 6.26. The first kappa shape index (κ1) is 25.8. The first-order valence-electron chi connectivity index (χ1n) is 10.7. The van der Waals surface area contributed by atoms with Gasteiger partial charge in [-0.15, -0.1) is 5.10 Å². The van der Waals surface area contributed by atoms with Gasteiger partial charge in [0.05, 0.1) is 17.3 Å². The van der Waals surface area contributed by atoms with Gasteiger partial charge in [-0.05, 0) is 68.3 Å². The molecule has 1 heterocycles. The van der Waals surface area contributed by atoms with Crippen LogP contribution in [0.5, 0.6) is 11.5 Å². The molecule has 11 heteroatoms. The second-order valence-electron chi connectivity index (χ2n) is 7.33. The number of tetrazole rings is 1. The van der Waals surface area contributed by atoms with Gasteiger partial charge >= 0.3 is 0 Å². The lowest BCUT2D eigenvalue weighted by molar-refractivity contribution is 0.282. The minimum absolute atomic E-state index is 0.227. The predicted molar refractivity (Wildman–Crippen MR) is 143 cm³/mol. The van der Waals surface area contributed by atoms with Gasteiger partial charge < -0.3 is 14.8 Å². The van der Waals surface area contributed by atoms with Crippen LogP contribution in [0, 0.1) is 0 Å². The number of rotatable bonds is 11. The fraction of sp³-hybridized carbons (Fsp3) is 0.208. The lowest BCUT2D eigenvalue weighted by atomic mass is 10.2. The third-order valence-corrected chi connectivity index (χ3v) is 7.21. The van der Waals surface area contributed by atoms with E-state index in [2.05, 4.69) is 36.8 Å². The van der Waals surface area contributed by atoms with Crippen LogP contribution in [0.4, 0.5) is 0 Å². The standard InChI is InChI=1S/C24H22BrCl2N5O2S/c1-33-22-13-16(12-19(25)23(22)34-15-18-20(26)8-5-9-21(18)27)14-28-10-11-35-24-29-30-31-32(24)17-6-3-2-4-7-17/h2-9,12-13,28H,10-11,14-15H2,1H3. The van der Waals surface area contributed by atoms with E-state index in [-0.39, 0.29) is 6.61 Å². The van der Waals surface area contributed by atoms with Crippen molar-refractivity contribution in [2.45, 2.75) is 18.3 Å². The number of para-hydroxylation sites is 1. The zero-order valence-electron chi connectivity index (χ0n) is 18.7. The number of hydrogen-bond acceptors (Lipinski definition) is 7. The molecule has 0 amide bonds. The maximum Gasteiger partial charge on any atom is 0.214 e. The largest absolute Gasteiger partial charge is 0.493 e. The SMILES string of the molecule is COc1cc(CNCCSc2nnnn2-c2ccccc2)cc(Br)c1OCc1c(Cl)cccc1Cl. The van der Waals surface area contributed by atoms with Gasteiger partial charge in [-0.25, -0.2) is 0 Å². The topological polar surface area (TPSA) is 74.1 Å². The van der Waals surface area contributed by atoms with Gasteiger partial charge in [0.2, 0.25) is 5.16 Å². The average Bonchev–Trinajstić information content (AvgIpc) is 3.33. The summed E-state index contributed by atoms with van der Waals surface area (Å²) in [4.78, 5) is 0. The molecule has 4 aromatic rings. The summed E-state index contributed by atoms with van der Waals surface area (Å²) in [7, 11) is 1.61. The molecular weight excluding hydrogens is 573 g/mol. The minimum atomic E-state index is 0.227. The summed E-state index contributed by atoms with van der Waals surface area (Å²) >= 11 is 17.7. The van der Waals surface area contributed by atoms with Gasteiger partial charge in [0.1, 0.15) is 6.61 Å². The molecule has 0 unspecified atom stereocenters. The Morgan fingerprint density at radius 1 is 1.06 bits per heavy atom. The number of ether oxygens (including phenoxy) is 2. The van der Waals surface area contributed by atoms with Crippen LogP contribution in [-0.4, -0.2) is 39.6 Å². The molecule has 0 aliphatic rings. The lowest BCUT2D eigenvalue weighted by Gasteiger charge is -2.16. The molecule has 0 spiro atoms. The van der Waals surface area contributed by atoms with Crippen LogP contribution >= 0.6 is 50.9 Å². The highest BCUT2D eigenvalue weighted by atomic mass is 79.9. The molecule has 1 N–H and O–H groups in total. The molecule has 0 atom stereocenters. The van der Waals surface area contributed by atoms with Crippen molar-refractivity contribution in [2.24, 2.45) is 0 Å². The molecule has 0 aliphatic carbocycles. The highest BCUT2D eigenvalue weighted by Gasteiger charge is 2.14. The summed E-state index contributed by atoms with van der Waals surface area (Å²) in [6.07, 6.45) is 0.